The number of allylic oxidation sites excluding steroid dienone is 3. The Hall–Kier alpha value is -2.21. The quantitative estimate of drug-likeness (QED) is 0.834. The third kappa shape index (κ3) is 2.00. The van der Waals surface area contributed by atoms with E-state index in [1.807, 2.05) is 18.2 Å². The molecule has 1 aromatic carbocycles. The second-order valence-corrected chi connectivity index (χ2v) is 4.99. The Balaban J connectivity index is 2.12. The Morgan fingerprint density at radius 2 is 1.89 bits per heavy atom. The van der Waals surface area contributed by atoms with E-state index in [4.69, 9.17) is 10.5 Å². The van der Waals surface area contributed by atoms with Gasteiger partial charge in [-0.15, -0.1) is 0 Å². The van der Waals surface area contributed by atoms with Crippen LogP contribution in [0.4, 0.5) is 0 Å². The summed E-state index contributed by atoms with van der Waals surface area (Å²) in [7, 11) is 0. The van der Waals surface area contributed by atoms with Crippen molar-refractivity contribution in [2.45, 2.75) is 31.6 Å². The van der Waals surface area contributed by atoms with Crippen LogP contribution in [0.5, 0.6) is 0 Å². The maximum Gasteiger partial charge on any atom is 0.205 e. The maximum atomic E-state index is 9.39. The fraction of sp³-hybridized carbons (Fsp3) is 0.312. The van der Waals surface area contributed by atoms with Gasteiger partial charge < -0.3 is 10.5 Å². The molecule has 1 atom stereocenters. The van der Waals surface area contributed by atoms with Gasteiger partial charge in [0.2, 0.25) is 5.88 Å². The number of hydrogen-bond donors (Lipinski definition) is 1. The first-order chi connectivity index (χ1) is 9.31. The normalized spacial score (nSPS) is 22.6. The predicted octanol–water partition coefficient (Wildman–Crippen LogP) is 3.32. The third-order valence-electron chi connectivity index (χ3n) is 3.85. The fourth-order valence-electron chi connectivity index (χ4n) is 2.96. The lowest BCUT2D eigenvalue weighted by Gasteiger charge is -2.31. The molecular weight excluding hydrogens is 236 g/mol. The van der Waals surface area contributed by atoms with Gasteiger partial charge in [0.25, 0.3) is 0 Å². The molecule has 0 spiro atoms. The maximum absolute atomic E-state index is 9.39. The number of benzene rings is 1. The smallest absolute Gasteiger partial charge is 0.205 e. The molecule has 0 radical (unpaired) electrons. The van der Waals surface area contributed by atoms with Gasteiger partial charge >= 0.3 is 0 Å². The molecule has 0 bridgehead atoms. The second-order valence-electron chi connectivity index (χ2n) is 4.99. The van der Waals surface area contributed by atoms with Crippen LogP contribution in [-0.2, 0) is 4.74 Å². The van der Waals surface area contributed by atoms with Gasteiger partial charge in [-0.25, -0.2) is 0 Å². The van der Waals surface area contributed by atoms with Gasteiger partial charge in [-0.1, -0.05) is 30.3 Å². The van der Waals surface area contributed by atoms with Crippen molar-refractivity contribution in [1.82, 2.24) is 0 Å². The summed E-state index contributed by atoms with van der Waals surface area (Å²) in [5.74, 6) is 1.24. The van der Waals surface area contributed by atoms with Gasteiger partial charge in [0.05, 0.1) is 0 Å². The molecule has 3 heteroatoms. The number of rotatable bonds is 1. The van der Waals surface area contributed by atoms with E-state index in [2.05, 4.69) is 18.2 Å². The summed E-state index contributed by atoms with van der Waals surface area (Å²) in [6.07, 6.45) is 4.21. The minimum atomic E-state index is -0.0183. The molecule has 0 saturated heterocycles. The van der Waals surface area contributed by atoms with E-state index in [0.29, 0.717) is 5.57 Å². The van der Waals surface area contributed by atoms with Crippen LogP contribution >= 0.6 is 0 Å². The summed E-state index contributed by atoms with van der Waals surface area (Å²) in [6.45, 7) is 0. The van der Waals surface area contributed by atoms with Gasteiger partial charge in [0, 0.05) is 12.3 Å². The van der Waals surface area contributed by atoms with Crippen LogP contribution in [0.15, 0.2) is 53.1 Å². The van der Waals surface area contributed by atoms with E-state index < -0.39 is 0 Å². The van der Waals surface area contributed by atoms with Gasteiger partial charge in [0.15, 0.2) is 0 Å². The Morgan fingerprint density at radius 3 is 2.63 bits per heavy atom. The minimum absolute atomic E-state index is 0.0183. The van der Waals surface area contributed by atoms with Crippen LogP contribution in [0.1, 0.15) is 37.2 Å². The highest BCUT2D eigenvalue weighted by molar-refractivity contribution is 5.49. The van der Waals surface area contributed by atoms with Crippen LogP contribution in [0.3, 0.4) is 0 Å². The lowest BCUT2D eigenvalue weighted by Crippen LogP contribution is -2.22. The van der Waals surface area contributed by atoms with E-state index in [1.54, 1.807) is 0 Å². The number of nitrogens with two attached hydrogens (primary N) is 1. The van der Waals surface area contributed by atoms with Gasteiger partial charge in [-0.3, -0.25) is 0 Å². The Kier molecular flexibility index (Phi) is 3.00. The summed E-state index contributed by atoms with van der Waals surface area (Å²) in [6, 6.07) is 12.3. The van der Waals surface area contributed by atoms with Gasteiger partial charge in [-0.2, -0.15) is 5.26 Å². The largest absolute Gasteiger partial charge is 0.445 e. The van der Waals surface area contributed by atoms with Crippen molar-refractivity contribution in [2.24, 2.45) is 5.73 Å². The van der Waals surface area contributed by atoms with Crippen molar-refractivity contribution in [3.8, 4) is 6.07 Å². The van der Waals surface area contributed by atoms with Crippen molar-refractivity contribution in [3.63, 3.8) is 0 Å². The molecule has 1 aliphatic heterocycles. The Morgan fingerprint density at radius 1 is 1.16 bits per heavy atom. The zero-order valence-corrected chi connectivity index (χ0v) is 10.7. The summed E-state index contributed by atoms with van der Waals surface area (Å²) in [4.78, 5) is 0. The monoisotopic (exact) mass is 252 g/mol. The molecule has 1 aliphatic carbocycles. The molecule has 96 valence electrons. The average molecular weight is 252 g/mol. The van der Waals surface area contributed by atoms with Crippen LogP contribution in [0.25, 0.3) is 0 Å². The molecule has 19 heavy (non-hydrogen) atoms. The molecule has 1 aromatic rings. The molecule has 0 fully saturated rings. The topological polar surface area (TPSA) is 59.0 Å². The first-order valence-corrected chi connectivity index (χ1v) is 6.65. The molecule has 2 N–H and O–H groups in total. The lowest BCUT2D eigenvalue weighted by atomic mass is 9.78. The minimum Gasteiger partial charge on any atom is -0.445 e. The first kappa shape index (κ1) is 11.9. The van der Waals surface area contributed by atoms with Crippen molar-refractivity contribution in [1.29, 1.82) is 5.26 Å². The zero-order valence-electron chi connectivity index (χ0n) is 10.7. The van der Waals surface area contributed by atoms with E-state index >= 15 is 0 Å². The summed E-state index contributed by atoms with van der Waals surface area (Å²) < 4.78 is 5.66. The fourth-order valence-corrected chi connectivity index (χ4v) is 2.96. The lowest BCUT2D eigenvalue weighted by molar-refractivity contribution is 0.251. The van der Waals surface area contributed by atoms with Crippen LogP contribution in [0, 0.1) is 11.3 Å². The van der Waals surface area contributed by atoms with E-state index in [1.165, 1.54) is 5.57 Å². The van der Waals surface area contributed by atoms with Crippen LogP contribution in [-0.4, -0.2) is 0 Å². The summed E-state index contributed by atoms with van der Waals surface area (Å²) in [5.41, 5.74) is 8.84. The highest BCUT2D eigenvalue weighted by Crippen LogP contribution is 2.44. The van der Waals surface area contributed by atoms with Gasteiger partial charge in [0.1, 0.15) is 17.4 Å². The SMILES string of the molecule is N#CC1=C(N)OC2=C(CCCC2)[C@H]1c1ccccc1. The number of hydrogen-bond acceptors (Lipinski definition) is 3. The van der Waals surface area contributed by atoms with E-state index in [-0.39, 0.29) is 11.8 Å². The first-order valence-electron chi connectivity index (χ1n) is 6.65. The van der Waals surface area contributed by atoms with Crippen molar-refractivity contribution in [2.75, 3.05) is 0 Å². The number of ether oxygens (including phenoxy) is 1. The molecule has 3 nitrogen and oxygen atoms in total. The zero-order chi connectivity index (χ0) is 13.2. The standard InChI is InChI=1S/C16H16N2O/c17-10-13-15(11-6-2-1-3-7-11)12-8-4-5-9-14(12)19-16(13)18/h1-3,6-7,15H,4-5,8-9,18H2/t15-/m1/s1. The molecule has 0 saturated carbocycles. The summed E-state index contributed by atoms with van der Waals surface area (Å²) in [5, 5.41) is 9.39. The third-order valence-corrected chi connectivity index (χ3v) is 3.85. The highest BCUT2D eigenvalue weighted by Gasteiger charge is 2.33. The van der Waals surface area contributed by atoms with Crippen molar-refractivity contribution in [3.05, 3.63) is 58.7 Å². The van der Waals surface area contributed by atoms with E-state index in [9.17, 15) is 5.26 Å². The molecular formula is C16H16N2O. The van der Waals surface area contributed by atoms with Gasteiger partial charge in [-0.05, 0) is 30.4 Å². The second kappa shape index (κ2) is 4.81. The number of nitrogens with zero attached hydrogens (tertiary/aromatic N) is 1. The number of nitriles is 1. The average Bonchev–Trinajstić information content (AvgIpc) is 2.46. The molecule has 2 aliphatic rings. The predicted molar refractivity (Wildman–Crippen MR) is 72.6 cm³/mol. The molecule has 0 amide bonds. The molecule has 0 aromatic heterocycles. The van der Waals surface area contributed by atoms with Crippen molar-refractivity contribution >= 4 is 0 Å². The Labute approximate surface area is 113 Å². The van der Waals surface area contributed by atoms with Crippen molar-refractivity contribution < 1.29 is 4.74 Å². The molecule has 0 unspecified atom stereocenters. The van der Waals surface area contributed by atoms with Crippen LogP contribution < -0.4 is 5.73 Å². The Bertz CT molecular complexity index is 593. The van der Waals surface area contributed by atoms with E-state index in [0.717, 1.165) is 37.0 Å². The van der Waals surface area contributed by atoms with Crippen LogP contribution in [0.2, 0.25) is 0 Å². The highest BCUT2D eigenvalue weighted by atomic mass is 16.5. The summed E-state index contributed by atoms with van der Waals surface area (Å²) >= 11 is 0. The molecule has 1 heterocycles. The molecule has 3 rings (SSSR count).